The van der Waals surface area contributed by atoms with Gasteiger partial charge in [0.15, 0.2) is 0 Å². The molecule has 3 heteroatoms. The van der Waals surface area contributed by atoms with E-state index in [-0.39, 0.29) is 0 Å². The third-order valence-electron chi connectivity index (χ3n) is 2.81. The summed E-state index contributed by atoms with van der Waals surface area (Å²) in [7, 11) is 0. The highest BCUT2D eigenvalue weighted by Crippen LogP contribution is 2.24. The van der Waals surface area contributed by atoms with Gasteiger partial charge in [-0.15, -0.1) is 0 Å². The Bertz CT molecular complexity index is 384. The maximum Gasteiger partial charge on any atom is 0.118 e. The number of rotatable bonds is 0. The summed E-state index contributed by atoms with van der Waals surface area (Å²) in [6.45, 7) is 3.82. The maximum atomic E-state index is 4.50. The predicted molar refractivity (Wildman–Crippen MR) is 57.8 cm³/mol. The number of nitrogens with zero attached hydrogens (tertiary/aromatic N) is 2. The van der Waals surface area contributed by atoms with Crippen molar-refractivity contribution in [3.05, 3.63) is 29.8 Å². The minimum atomic E-state index is 0.898. The van der Waals surface area contributed by atoms with E-state index < -0.39 is 0 Å². The molecule has 72 valence electrons. The van der Waals surface area contributed by atoms with Crippen LogP contribution in [-0.2, 0) is 6.54 Å². The maximum absolute atomic E-state index is 4.50. The van der Waals surface area contributed by atoms with Gasteiger partial charge in [0.05, 0.1) is 13.1 Å². The normalized spacial score (nSPS) is 19.7. The number of aliphatic imine (C=N–C) groups is 1. The van der Waals surface area contributed by atoms with Crippen molar-refractivity contribution in [2.75, 3.05) is 24.5 Å². The predicted octanol–water partition coefficient (Wildman–Crippen LogP) is 1.01. The van der Waals surface area contributed by atoms with E-state index in [4.69, 9.17) is 0 Å². The van der Waals surface area contributed by atoms with E-state index in [0.29, 0.717) is 0 Å². The SMILES string of the molecule is c1ccc2c(c1)CNCC1=NCCN12. The van der Waals surface area contributed by atoms with Gasteiger partial charge in [-0.3, -0.25) is 4.99 Å². The molecule has 1 aromatic rings. The van der Waals surface area contributed by atoms with Gasteiger partial charge < -0.3 is 10.2 Å². The quantitative estimate of drug-likeness (QED) is 0.656. The van der Waals surface area contributed by atoms with E-state index in [1.165, 1.54) is 17.1 Å². The van der Waals surface area contributed by atoms with E-state index in [1.807, 2.05) is 0 Å². The first-order valence-electron chi connectivity index (χ1n) is 5.04. The van der Waals surface area contributed by atoms with E-state index in [0.717, 1.165) is 26.2 Å². The van der Waals surface area contributed by atoms with Gasteiger partial charge in [-0.1, -0.05) is 18.2 Å². The fourth-order valence-electron chi connectivity index (χ4n) is 2.14. The molecule has 0 aromatic heterocycles. The Balaban J connectivity index is 2.10. The minimum absolute atomic E-state index is 0.898. The van der Waals surface area contributed by atoms with Crippen molar-refractivity contribution in [2.45, 2.75) is 6.54 Å². The molecule has 0 saturated heterocycles. The van der Waals surface area contributed by atoms with Crippen molar-refractivity contribution in [1.29, 1.82) is 0 Å². The van der Waals surface area contributed by atoms with Crippen molar-refractivity contribution in [1.82, 2.24) is 5.32 Å². The smallest absolute Gasteiger partial charge is 0.118 e. The molecular formula is C11H13N3. The Morgan fingerprint density at radius 3 is 3.14 bits per heavy atom. The van der Waals surface area contributed by atoms with Crippen LogP contribution < -0.4 is 10.2 Å². The van der Waals surface area contributed by atoms with Crippen LogP contribution in [-0.4, -0.2) is 25.5 Å². The number of hydrogen-bond donors (Lipinski definition) is 1. The second kappa shape index (κ2) is 3.10. The lowest BCUT2D eigenvalue weighted by atomic mass is 10.1. The van der Waals surface area contributed by atoms with Gasteiger partial charge in [-0.05, 0) is 11.6 Å². The number of para-hydroxylation sites is 1. The number of anilines is 1. The van der Waals surface area contributed by atoms with Crippen LogP contribution >= 0.6 is 0 Å². The van der Waals surface area contributed by atoms with E-state index in [9.17, 15) is 0 Å². The lowest BCUT2D eigenvalue weighted by Gasteiger charge is -2.19. The lowest BCUT2D eigenvalue weighted by molar-refractivity contribution is 0.785. The Kier molecular flexibility index (Phi) is 1.77. The molecule has 0 saturated carbocycles. The third kappa shape index (κ3) is 1.13. The van der Waals surface area contributed by atoms with Crippen molar-refractivity contribution >= 4 is 11.5 Å². The lowest BCUT2D eigenvalue weighted by Crippen LogP contribution is -2.32. The largest absolute Gasteiger partial charge is 0.327 e. The van der Waals surface area contributed by atoms with Crippen LogP contribution in [0.15, 0.2) is 29.3 Å². The Hall–Kier alpha value is -1.35. The van der Waals surface area contributed by atoms with E-state index >= 15 is 0 Å². The minimum Gasteiger partial charge on any atom is -0.327 e. The monoisotopic (exact) mass is 187 g/mol. The molecule has 3 nitrogen and oxygen atoms in total. The summed E-state index contributed by atoms with van der Waals surface area (Å²) in [5, 5.41) is 3.40. The van der Waals surface area contributed by atoms with Crippen molar-refractivity contribution in [2.24, 2.45) is 4.99 Å². The molecule has 0 spiro atoms. The zero-order valence-electron chi connectivity index (χ0n) is 8.03. The van der Waals surface area contributed by atoms with Crippen LogP contribution in [0.2, 0.25) is 0 Å². The van der Waals surface area contributed by atoms with Crippen LogP contribution in [0.25, 0.3) is 0 Å². The van der Waals surface area contributed by atoms with Gasteiger partial charge in [0.25, 0.3) is 0 Å². The second-order valence-corrected chi connectivity index (χ2v) is 3.68. The Labute approximate surface area is 83.4 Å². The number of amidine groups is 1. The van der Waals surface area contributed by atoms with Crippen molar-refractivity contribution in [3.63, 3.8) is 0 Å². The summed E-state index contributed by atoms with van der Waals surface area (Å²) in [5.41, 5.74) is 2.70. The van der Waals surface area contributed by atoms with Crippen molar-refractivity contribution < 1.29 is 0 Å². The van der Waals surface area contributed by atoms with Gasteiger partial charge in [-0.25, -0.2) is 0 Å². The molecule has 14 heavy (non-hydrogen) atoms. The van der Waals surface area contributed by atoms with Crippen LogP contribution in [0.5, 0.6) is 0 Å². The summed E-state index contributed by atoms with van der Waals surface area (Å²) in [6.07, 6.45) is 0. The van der Waals surface area contributed by atoms with E-state index in [1.54, 1.807) is 0 Å². The highest BCUT2D eigenvalue weighted by Gasteiger charge is 2.22. The summed E-state index contributed by atoms with van der Waals surface area (Å²) in [6, 6.07) is 8.56. The zero-order valence-corrected chi connectivity index (χ0v) is 8.03. The highest BCUT2D eigenvalue weighted by molar-refractivity contribution is 6.01. The molecule has 1 aromatic carbocycles. The molecule has 1 N–H and O–H groups in total. The number of hydrogen-bond acceptors (Lipinski definition) is 3. The average molecular weight is 187 g/mol. The number of benzene rings is 1. The fourth-order valence-corrected chi connectivity index (χ4v) is 2.14. The highest BCUT2D eigenvalue weighted by atomic mass is 15.3. The molecule has 0 atom stereocenters. The Morgan fingerprint density at radius 2 is 2.14 bits per heavy atom. The van der Waals surface area contributed by atoms with Crippen LogP contribution in [0.3, 0.4) is 0 Å². The van der Waals surface area contributed by atoms with Crippen molar-refractivity contribution in [3.8, 4) is 0 Å². The number of fused-ring (bicyclic) bond motifs is 3. The van der Waals surface area contributed by atoms with Gasteiger partial charge in [-0.2, -0.15) is 0 Å². The van der Waals surface area contributed by atoms with Gasteiger partial charge >= 0.3 is 0 Å². The summed E-state index contributed by atoms with van der Waals surface area (Å²) in [4.78, 5) is 6.83. The topological polar surface area (TPSA) is 27.6 Å². The van der Waals surface area contributed by atoms with E-state index in [2.05, 4.69) is 39.5 Å². The molecule has 0 aliphatic carbocycles. The second-order valence-electron chi connectivity index (χ2n) is 3.68. The first kappa shape index (κ1) is 8.00. The standard InChI is InChI=1S/C11H13N3/c1-2-4-10-9(3-1)7-12-8-11-13-5-6-14(10)11/h1-4,12H,5-8H2. The first-order chi connectivity index (χ1) is 6.95. The molecule has 2 aliphatic heterocycles. The van der Waals surface area contributed by atoms with Crippen LogP contribution in [0, 0.1) is 0 Å². The molecule has 0 radical (unpaired) electrons. The molecule has 0 unspecified atom stereocenters. The summed E-state index contributed by atoms with van der Waals surface area (Å²) < 4.78 is 0. The molecule has 3 rings (SSSR count). The zero-order chi connectivity index (χ0) is 9.38. The first-order valence-corrected chi connectivity index (χ1v) is 5.04. The van der Waals surface area contributed by atoms with Crippen LogP contribution in [0.1, 0.15) is 5.56 Å². The molecule has 2 aliphatic rings. The van der Waals surface area contributed by atoms with Gasteiger partial charge in [0.1, 0.15) is 5.84 Å². The molecule has 2 heterocycles. The summed E-state index contributed by atoms with van der Waals surface area (Å²) in [5.74, 6) is 1.19. The summed E-state index contributed by atoms with van der Waals surface area (Å²) >= 11 is 0. The van der Waals surface area contributed by atoms with Gasteiger partial charge in [0.2, 0.25) is 0 Å². The molecule has 0 bridgehead atoms. The molecule has 0 amide bonds. The Morgan fingerprint density at radius 1 is 1.21 bits per heavy atom. The fraction of sp³-hybridized carbons (Fsp3) is 0.364. The average Bonchev–Trinajstić information content (AvgIpc) is 2.61. The molecule has 0 fully saturated rings. The van der Waals surface area contributed by atoms with Crippen LogP contribution in [0.4, 0.5) is 5.69 Å². The molecular weight excluding hydrogens is 174 g/mol. The van der Waals surface area contributed by atoms with Gasteiger partial charge in [0, 0.05) is 18.8 Å². The number of nitrogens with one attached hydrogen (secondary N) is 1. The third-order valence-corrected chi connectivity index (χ3v) is 2.81.